The molecule has 3 saturated carbocycles. The Morgan fingerprint density at radius 1 is 1.21 bits per heavy atom. The zero-order valence-electron chi connectivity index (χ0n) is 19.2. The highest BCUT2D eigenvalue weighted by atomic mass is 19.1. The van der Waals surface area contributed by atoms with Crippen LogP contribution in [0, 0.1) is 29.1 Å². The molecule has 3 aliphatic carbocycles. The van der Waals surface area contributed by atoms with Crippen LogP contribution in [0.15, 0.2) is 35.5 Å². The third kappa shape index (κ3) is 5.06. The fraction of sp³-hybridized carbons (Fsp3) is 0.778. The van der Waals surface area contributed by atoms with Crippen molar-refractivity contribution in [1.82, 2.24) is 0 Å². The van der Waals surface area contributed by atoms with Crippen LogP contribution in [0.4, 0.5) is 4.39 Å². The van der Waals surface area contributed by atoms with Crippen LogP contribution in [0.25, 0.3) is 0 Å². The van der Waals surface area contributed by atoms with Gasteiger partial charge in [0, 0.05) is 5.92 Å². The van der Waals surface area contributed by atoms with Gasteiger partial charge in [0.05, 0.1) is 6.10 Å². The Hall–Kier alpha value is -0.890. The van der Waals surface area contributed by atoms with Gasteiger partial charge in [0.1, 0.15) is 6.17 Å². The molecule has 0 spiro atoms. The summed E-state index contributed by atoms with van der Waals surface area (Å²) in [6.07, 6.45) is 13.7. The van der Waals surface area contributed by atoms with Gasteiger partial charge in [-0.3, -0.25) is 0 Å². The Morgan fingerprint density at radius 2 is 1.97 bits per heavy atom. The zero-order chi connectivity index (χ0) is 21.2. The molecule has 1 unspecified atom stereocenters. The third-order valence-corrected chi connectivity index (χ3v) is 8.29. The van der Waals surface area contributed by atoms with Gasteiger partial charge in [-0.25, -0.2) is 4.39 Å². The van der Waals surface area contributed by atoms with Crippen LogP contribution in [-0.2, 0) is 0 Å². The molecule has 1 N–H and O–H groups in total. The van der Waals surface area contributed by atoms with Gasteiger partial charge in [0.2, 0.25) is 0 Å². The maximum Gasteiger partial charge on any atom is 0.107 e. The summed E-state index contributed by atoms with van der Waals surface area (Å²) >= 11 is 0. The van der Waals surface area contributed by atoms with Gasteiger partial charge in [-0.05, 0) is 73.7 Å². The van der Waals surface area contributed by atoms with Crippen molar-refractivity contribution in [2.24, 2.45) is 29.1 Å². The van der Waals surface area contributed by atoms with Crippen LogP contribution in [0.3, 0.4) is 0 Å². The van der Waals surface area contributed by atoms with Crippen LogP contribution in [0.1, 0.15) is 91.9 Å². The number of aliphatic hydroxyl groups is 1. The maximum atomic E-state index is 15.4. The van der Waals surface area contributed by atoms with Gasteiger partial charge in [-0.1, -0.05) is 76.8 Å². The summed E-state index contributed by atoms with van der Waals surface area (Å²) in [6, 6.07) is 0. The summed E-state index contributed by atoms with van der Waals surface area (Å²) < 4.78 is 15.4. The topological polar surface area (TPSA) is 20.2 Å². The van der Waals surface area contributed by atoms with Crippen molar-refractivity contribution in [3.63, 3.8) is 0 Å². The van der Waals surface area contributed by atoms with Crippen LogP contribution < -0.4 is 0 Å². The number of hydrogen-bond acceptors (Lipinski definition) is 1. The minimum atomic E-state index is -0.706. The second-order valence-electron chi connectivity index (χ2n) is 10.9. The molecule has 164 valence electrons. The molecule has 0 aromatic carbocycles. The van der Waals surface area contributed by atoms with Crippen molar-refractivity contribution < 1.29 is 9.50 Å². The van der Waals surface area contributed by atoms with Crippen molar-refractivity contribution >= 4 is 0 Å². The molecule has 0 radical (unpaired) electrons. The van der Waals surface area contributed by atoms with E-state index in [4.69, 9.17) is 0 Å². The fourth-order valence-corrected chi connectivity index (χ4v) is 6.63. The summed E-state index contributed by atoms with van der Waals surface area (Å²) in [6.45, 7) is 13.5. The highest BCUT2D eigenvalue weighted by Gasteiger charge is 2.55. The number of rotatable bonds is 6. The minimum absolute atomic E-state index is 0.0763. The van der Waals surface area contributed by atoms with Crippen molar-refractivity contribution in [3.05, 3.63) is 35.5 Å². The molecular weight excluding hydrogens is 359 g/mol. The molecule has 2 heteroatoms. The van der Waals surface area contributed by atoms with Crippen molar-refractivity contribution in [3.8, 4) is 0 Å². The zero-order valence-corrected chi connectivity index (χ0v) is 19.2. The first kappa shape index (κ1) is 22.8. The number of halogens is 1. The average molecular weight is 403 g/mol. The molecule has 0 bridgehead atoms. The number of hydrogen-bond donors (Lipinski definition) is 1. The van der Waals surface area contributed by atoms with E-state index in [-0.39, 0.29) is 17.4 Å². The SMILES string of the molecule is C=C1CC[C@H](O)C/C1=C\C=C1/CCC[C@@]2(C)[C@H]1C(F)C[C@@H]2[C@H](C)CCCC(C)C. The summed E-state index contributed by atoms with van der Waals surface area (Å²) in [5, 5.41) is 10.0. The Labute approximate surface area is 178 Å². The van der Waals surface area contributed by atoms with Gasteiger partial charge in [-0.2, -0.15) is 0 Å². The highest BCUT2D eigenvalue weighted by Crippen LogP contribution is 2.60. The Morgan fingerprint density at radius 3 is 2.69 bits per heavy atom. The minimum Gasteiger partial charge on any atom is -0.393 e. The number of alkyl halides is 1. The predicted molar refractivity (Wildman–Crippen MR) is 121 cm³/mol. The van der Waals surface area contributed by atoms with Gasteiger partial charge >= 0.3 is 0 Å². The summed E-state index contributed by atoms with van der Waals surface area (Å²) in [7, 11) is 0. The van der Waals surface area contributed by atoms with E-state index < -0.39 is 6.17 Å². The molecule has 29 heavy (non-hydrogen) atoms. The number of allylic oxidation sites excluding steroid dienone is 4. The first-order chi connectivity index (χ1) is 13.7. The first-order valence-corrected chi connectivity index (χ1v) is 12.1. The van der Waals surface area contributed by atoms with Gasteiger partial charge < -0.3 is 5.11 Å². The normalized spacial score (nSPS) is 39.3. The predicted octanol–water partition coefficient (Wildman–Crippen LogP) is 7.57. The fourth-order valence-electron chi connectivity index (χ4n) is 6.63. The molecule has 6 atom stereocenters. The second kappa shape index (κ2) is 9.50. The van der Waals surface area contributed by atoms with Crippen LogP contribution in [0.5, 0.6) is 0 Å². The Bertz CT molecular complexity index is 645. The molecule has 3 aliphatic rings. The summed E-state index contributed by atoms with van der Waals surface area (Å²) in [4.78, 5) is 0. The van der Waals surface area contributed by atoms with Crippen LogP contribution in [-0.4, -0.2) is 17.4 Å². The van der Waals surface area contributed by atoms with E-state index in [9.17, 15) is 5.11 Å². The molecule has 0 aliphatic heterocycles. The summed E-state index contributed by atoms with van der Waals surface area (Å²) in [5.74, 6) is 1.94. The van der Waals surface area contributed by atoms with E-state index in [1.54, 1.807) is 0 Å². The molecule has 0 heterocycles. The van der Waals surface area contributed by atoms with Crippen LogP contribution in [0.2, 0.25) is 0 Å². The lowest BCUT2D eigenvalue weighted by atomic mass is 9.60. The van der Waals surface area contributed by atoms with E-state index in [0.29, 0.717) is 18.3 Å². The van der Waals surface area contributed by atoms with E-state index in [1.807, 2.05) is 0 Å². The maximum absolute atomic E-state index is 15.4. The van der Waals surface area contributed by atoms with E-state index >= 15 is 4.39 Å². The largest absolute Gasteiger partial charge is 0.393 e. The Kier molecular flexibility index (Phi) is 7.46. The smallest absolute Gasteiger partial charge is 0.107 e. The van der Waals surface area contributed by atoms with Gasteiger partial charge in [0.15, 0.2) is 0 Å². The van der Waals surface area contributed by atoms with E-state index in [0.717, 1.165) is 49.2 Å². The molecule has 0 aromatic heterocycles. The number of aliphatic hydroxyl groups excluding tert-OH is 1. The standard InChI is InChI=1S/C27H43FO/c1-18(2)8-6-9-20(4)24-17-25(28)26-21(10-7-15-27(24,26)5)12-13-22-16-23(29)14-11-19(22)3/h12-13,18,20,23-26,29H,3,6-11,14-17H2,1-2,4-5H3/b21-12+,22-13+/t20-,23+,24-,25?,26-,27-/m1/s1. The van der Waals surface area contributed by atoms with Crippen molar-refractivity contribution in [1.29, 1.82) is 0 Å². The lowest BCUT2D eigenvalue weighted by Crippen LogP contribution is -2.37. The molecule has 3 rings (SSSR count). The molecule has 0 saturated heterocycles. The monoisotopic (exact) mass is 402 g/mol. The van der Waals surface area contributed by atoms with Crippen molar-refractivity contribution in [2.45, 2.75) is 104 Å². The molecule has 1 nitrogen and oxygen atoms in total. The quantitative estimate of drug-likeness (QED) is 0.486. The third-order valence-electron chi connectivity index (χ3n) is 8.29. The number of fused-ring (bicyclic) bond motifs is 1. The van der Waals surface area contributed by atoms with Crippen LogP contribution >= 0.6 is 0 Å². The molecule has 0 aromatic rings. The van der Waals surface area contributed by atoms with Gasteiger partial charge in [0.25, 0.3) is 0 Å². The lowest BCUT2D eigenvalue weighted by Gasteiger charge is -2.44. The molecule has 0 amide bonds. The van der Waals surface area contributed by atoms with E-state index in [1.165, 1.54) is 31.3 Å². The van der Waals surface area contributed by atoms with Gasteiger partial charge in [-0.15, -0.1) is 0 Å². The van der Waals surface area contributed by atoms with E-state index in [2.05, 4.69) is 46.4 Å². The second-order valence-corrected chi connectivity index (χ2v) is 10.9. The lowest BCUT2D eigenvalue weighted by molar-refractivity contribution is 0.0835. The first-order valence-electron chi connectivity index (χ1n) is 12.1. The average Bonchev–Trinajstić information content (AvgIpc) is 2.93. The molecule has 3 fully saturated rings. The van der Waals surface area contributed by atoms with Crippen molar-refractivity contribution in [2.75, 3.05) is 0 Å². The molecular formula is C27H43FO. The highest BCUT2D eigenvalue weighted by molar-refractivity contribution is 5.36. The summed E-state index contributed by atoms with van der Waals surface area (Å²) in [5.41, 5.74) is 3.71. The Balaban J connectivity index is 1.76.